The highest BCUT2D eigenvalue weighted by molar-refractivity contribution is 6.05. The number of carbonyl (C=O) groups excluding carboxylic acids is 3. The van der Waals surface area contributed by atoms with Crippen molar-refractivity contribution in [1.82, 2.24) is 5.32 Å². The first kappa shape index (κ1) is 21.3. The summed E-state index contributed by atoms with van der Waals surface area (Å²) >= 11 is 0. The van der Waals surface area contributed by atoms with Gasteiger partial charge in [-0.1, -0.05) is 13.0 Å². The van der Waals surface area contributed by atoms with E-state index in [9.17, 15) is 14.4 Å². The van der Waals surface area contributed by atoms with E-state index in [4.69, 9.17) is 4.74 Å². The Morgan fingerprint density at radius 3 is 2.37 bits per heavy atom. The van der Waals surface area contributed by atoms with Crippen LogP contribution in [0.1, 0.15) is 36.5 Å². The second kappa shape index (κ2) is 10.4. The van der Waals surface area contributed by atoms with Crippen LogP contribution in [-0.4, -0.2) is 37.1 Å². The monoisotopic (exact) mass is 410 g/mol. The quantitative estimate of drug-likeness (QED) is 0.559. The number of anilines is 3. The zero-order valence-corrected chi connectivity index (χ0v) is 16.9. The molecule has 4 amide bonds. The molecule has 1 heterocycles. The lowest BCUT2D eigenvalue weighted by molar-refractivity contribution is -0.115. The Morgan fingerprint density at radius 1 is 0.967 bits per heavy atom. The van der Waals surface area contributed by atoms with Crippen molar-refractivity contribution < 1.29 is 19.1 Å². The number of hydrogen-bond donors (Lipinski definition) is 4. The molecular weight excluding hydrogens is 384 g/mol. The lowest BCUT2D eigenvalue weighted by Crippen LogP contribution is -2.35. The van der Waals surface area contributed by atoms with Gasteiger partial charge in [-0.15, -0.1) is 0 Å². The van der Waals surface area contributed by atoms with Crippen molar-refractivity contribution in [2.24, 2.45) is 0 Å². The van der Waals surface area contributed by atoms with Gasteiger partial charge in [-0.05, 0) is 55.3 Å². The zero-order chi connectivity index (χ0) is 21.3. The SMILES string of the molecule is CCC(=O)Nc1cccc(C(=O)Nc2ccc(NC(=O)NCC3CCCO3)cc2)c1. The summed E-state index contributed by atoms with van der Waals surface area (Å²) in [5.74, 6) is -0.409. The molecule has 0 bridgehead atoms. The Morgan fingerprint density at radius 2 is 1.70 bits per heavy atom. The first-order valence-electron chi connectivity index (χ1n) is 10.0. The summed E-state index contributed by atoms with van der Waals surface area (Å²) in [5.41, 5.74) is 2.21. The van der Waals surface area contributed by atoms with E-state index in [-0.39, 0.29) is 23.9 Å². The van der Waals surface area contributed by atoms with Crippen LogP contribution in [0.5, 0.6) is 0 Å². The molecular formula is C22H26N4O4. The normalized spacial score (nSPS) is 15.3. The lowest BCUT2D eigenvalue weighted by Gasteiger charge is -2.12. The van der Waals surface area contributed by atoms with E-state index in [0.29, 0.717) is 35.6 Å². The van der Waals surface area contributed by atoms with Gasteiger partial charge in [-0.25, -0.2) is 4.79 Å². The number of benzene rings is 2. The molecule has 1 fully saturated rings. The number of urea groups is 1. The predicted octanol–water partition coefficient (Wildman–Crippen LogP) is 3.59. The summed E-state index contributed by atoms with van der Waals surface area (Å²) in [6, 6.07) is 13.3. The summed E-state index contributed by atoms with van der Waals surface area (Å²) in [6.07, 6.45) is 2.44. The Balaban J connectivity index is 1.51. The maximum absolute atomic E-state index is 12.5. The number of hydrogen-bond acceptors (Lipinski definition) is 4. The molecule has 0 radical (unpaired) electrons. The molecule has 1 atom stereocenters. The molecule has 4 N–H and O–H groups in total. The Labute approximate surface area is 175 Å². The van der Waals surface area contributed by atoms with E-state index in [2.05, 4.69) is 21.3 Å². The molecule has 8 nitrogen and oxygen atoms in total. The van der Waals surface area contributed by atoms with E-state index < -0.39 is 0 Å². The summed E-state index contributed by atoms with van der Waals surface area (Å²) < 4.78 is 5.47. The fourth-order valence-electron chi connectivity index (χ4n) is 3.01. The van der Waals surface area contributed by atoms with Crippen molar-refractivity contribution in [2.75, 3.05) is 29.1 Å². The minimum atomic E-state index is -0.298. The molecule has 1 saturated heterocycles. The van der Waals surface area contributed by atoms with Gasteiger partial charge in [-0.2, -0.15) is 0 Å². The summed E-state index contributed by atoms with van der Waals surface area (Å²) in [4.78, 5) is 36.0. The van der Waals surface area contributed by atoms with Crippen molar-refractivity contribution >= 4 is 34.9 Å². The Hall–Kier alpha value is -3.39. The van der Waals surface area contributed by atoms with E-state index in [1.54, 1.807) is 55.5 Å². The smallest absolute Gasteiger partial charge is 0.319 e. The molecule has 1 aliphatic rings. The van der Waals surface area contributed by atoms with Crippen molar-refractivity contribution in [2.45, 2.75) is 32.3 Å². The lowest BCUT2D eigenvalue weighted by atomic mass is 10.1. The van der Waals surface area contributed by atoms with Gasteiger partial charge in [0.25, 0.3) is 5.91 Å². The minimum Gasteiger partial charge on any atom is -0.376 e. The van der Waals surface area contributed by atoms with Crippen molar-refractivity contribution in [3.8, 4) is 0 Å². The highest BCUT2D eigenvalue weighted by atomic mass is 16.5. The first-order valence-corrected chi connectivity index (χ1v) is 10.0. The predicted molar refractivity (Wildman–Crippen MR) is 116 cm³/mol. The molecule has 158 valence electrons. The number of rotatable bonds is 7. The summed E-state index contributed by atoms with van der Waals surface area (Å²) in [5, 5.41) is 11.1. The molecule has 30 heavy (non-hydrogen) atoms. The summed E-state index contributed by atoms with van der Waals surface area (Å²) in [6.45, 7) is 2.99. The van der Waals surface area contributed by atoms with Gasteiger partial charge in [0.1, 0.15) is 0 Å². The van der Waals surface area contributed by atoms with Gasteiger partial charge in [0, 0.05) is 42.2 Å². The molecule has 0 aromatic heterocycles. The largest absolute Gasteiger partial charge is 0.376 e. The van der Waals surface area contributed by atoms with Crippen LogP contribution in [0.15, 0.2) is 48.5 Å². The molecule has 3 rings (SSSR count). The molecule has 1 aliphatic heterocycles. The number of nitrogens with one attached hydrogen (secondary N) is 4. The van der Waals surface area contributed by atoms with E-state index in [1.807, 2.05) is 0 Å². The van der Waals surface area contributed by atoms with Crippen LogP contribution in [0.3, 0.4) is 0 Å². The van der Waals surface area contributed by atoms with Crippen LogP contribution >= 0.6 is 0 Å². The summed E-state index contributed by atoms with van der Waals surface area (Å²) in [7, 11) is 0. The third-order valence-corrected chi connectivity index (χ3v) is 4.64. The topological polar surface area (TPSA) is 109 Å². The molecule has 0 aliphatic carbocycles. The van der Waals surface area contributed by atoms with Crippen LogP contribution in [-0.2, 0) is 9.53 Å². The second-order valence-electron chi connectivity index (χ2n) is 6.98. The molecule has 0 saturated carbocycles. The van der Waals surface area contributed by atoms with Crippen LogP contribution < -0.4 is 21.3 Å². The van der Waals surface area contributed by atoms with Gasteiger partial charge < -0.3 is 26.0 Å². The van der Waals surface area contributed by atoms with Gasteiger partial charge in [0.15, 0.2) is 0 Å². The number of ether oxygens (including phenoxy) is 1. The standard InChI is InChI=1S/C22H26N4O4/c1-2-20(27)24-18-6-3-5-15(13-18)21(28)25-16-8-10-17(11-9-16)26-22(29)23-14-19-7-4-12-30-19/h3,5-6,8-11,13,19H,2,4,7,12,14H2,1H3,(H,24,27)(H,25,28)(H2,23,26,29). The highest BCUT2D eigenvalue weighted by Crippen LogP contribution is 2.17. The Bertz CT molecular complexity index is 892. The molecule has 2 aromatic carbocycles. The fraction of sp³-hybridized carbons (Fsp3) is 0.318. The average Bonchev–Trinajstić information content (AvgIpc) is 3.27. The molecule has 0 spiro atoms. The highest BCUT2D eigenvalue weighted by Gasteiger charge is 2.16. The average molecular weight is 410 g/mol. The van der Waals surface area contributed by atoms with Crippen molar-refractivity contribution in [3.05, 3.63) is 54.1 Å². The van der Waals surface area contributed by atoms with Crippen LogP contribution in [0.4, 0.5) is 21.9 Å². The minimum absolute atomic E-state index is 0.0853. The van der Waals surface area contributed by atoms with Gasteiger partial charge in [0.05, 0.1) is 6.10 Å². The van der Waals surface area contributed by atoms with Crippen LogP contribution in [0.25, 0.3) is 0 Å². The van der Waals surface area contributed by atoms with Gasteiger partial charge in [-0.3, -0.25) is 9.59 Å². The van der Waals surface area contributed by atoms with Crippen LogP contribution in [0, 0.1) is 0 Å². The third-order valence-electron chi connectivity index (χ3n) is 4.64. The Kier molecular flexibility index (Phi) is 7.40. The maximum Gasteiger partial charge on any atom is 0.319 e. The first-order chi connectivity index (χ1) is 14.5. The maximum atomic E-state index is 12.5. The fourth-order valence-corrected chi connectivity index (χ4v) is 3.01. The van der Waals surface area contributed by atoms with Gasteiger partial charge in [0.2, 0.25) is 5.91 Å². The zero-order valence-electron chi connectivity index (χ0n) is 16.9. The van der Waals surface area contributed by atoms with Crippen molar-refractivity contribution in [3.63, 3.8) is 0 Å². The van der Waals surface area contributed by atoms with Gasteiger partial charge >= 0.3 is 6.03 Å². The molecule has 1 unspecified atom stereocenters. The van der Waals surface area contributed by atoms with E-state index >= 15 is 0 Å². The molecule has 8 heteroatoms. The number of carbonyl (C=O) groups is 3. The molecule has 2 aromatic rings. The van der Waals surface area contributed by atoms with E-state index in [1.165, 1.54) is 0 Å². The second-order valence-corrected chi connectivity index (χ2v) is 6.98. The van der Waals surface area contributed by atoms with Crippen molar-refractivity contribution in [1.29, 1.82) is 0 Å². The number of amides is 4. The third kappa shape index (κ3) is 6.31. The van der Waals surface area contributed by atoms with Crippen LogP contribution in [0.2, 0.25) is 0 Å². The van der Waals surface area contributed by atoms with E-state index in [0.717, 1.165) is 19.4 Å².